The van der Waals surface area contributed by atoms with Crippen LogP contribution in [0.5, 0.6) is 0 Å². The molecule has 1 aliphatic rings. The maximum Gasteiger partial charge on any atom is 0.416 e. The zero-order valence-electron chi connectivity index (χ0n) is 22.2. The van der Waals surface area contributed by atoms with Crippen LogP contribution in [-0.2, 0) is 21.0 Å². The van der Waals surface area contributed by atoms with Crippen LogP contribution in [-0.4, -0.2) is 61.0 Å². The quantitative estimate of drug-likeness (QED) is 0.206. The number of hydrogen-bond acceptors (Lipinski definition) is 7. The average Bonchev–Trinajstić information content (AvgIpc) is 2.90. The van der Waals surface area contributed by atoms with Crippen molar-refractivity contribution in [1.82, 2.24) is 14.9 Å². The molecule has 0 bridgehead atoms. The second kappa shape index (κ2) is 13.8. The summed E-state index contributed by atoms with van der Waals surface area (Å²) in [6.45, 7) is -0.250. The zero-order valence-corrected chi connectivity index (χ0v) is 24.6. The molecule has 1 fully saturated rings. The van der Waals surface area contributed by atoms with E-state index in [-0.39, 0.29) is 46.0 Å². The Labute approximate surface area is 249 Å². The van der Waals surface area contributed by atoms with E-state index in [0.717, 1.165) is 30.6 Å². The number of aromatic nitrogens is 2. The Morgan fingerprint density at radius 1 is 1.12 bits per heavy atom. The number of sulfonamides is 1. The van der Waals surface area contributed by atoms with Gasteiger partial charge in [0.05, 0.1) is 16.3 Å². The summed E-state index contributed by atoms with van der Waals surface area (Å²) < 4.78 is 82.7. The number of nitrogens with zero attached hydrogens (tertiary/aromatic N) is 3. The predicted octanol–water partition coefficient (Wildman–Crippen LogP) is 6.12. The molecule has 1 saturated carbocycles. The van der Waals surface area contributed by atoms with Crippen LogP contribution in [0.1, 0.15) is 36.3 Å². The number of hydrogen-bond donors (Lipinski definition) is 3. The van der Waals surface area contributed by atoms with E-state index in [9.17, 15) is 21.6 Å². The summed E-state index contributed by atoms with van der Waals surface area (Å²) in [7, 11) is -0.633. The molecule has 0 spiro atoms. The van der Waals surface area contributed by atoms with Crippen molar-refractivity contribution in [3.8, 4) is 0 Å². The van der Waals surface area contributed by atoms with Crippen LogP contribution in [0.15, 0.2) is 53.8 Å². The Hall–Kier alpha value is -3.20. The summed E-state index contributed by atoms with van der Waals surface area (Å²) in [6, 6.07) is 6.56. The van der Waals surface area contributed by atoms with Gasteiger partial charge in [0.25, 0.3) is 16.5 Å². The highest BCUT2D eigenvalue weighted by Gasteiger charge is 2.36. The third-order valence-corrected chi connectivity index (χ3v) is 8.57. The molecule has 1 aromatic heterocycles. The van der Waals surface area contributed by atoms with Gasteiger partial charge in [-0.25, -0.2) is 22.8 Å². The lowest BCUT2D eigenvalue weighted by atomic mass is 9.78. The Balaban J connectivity index is 0.00000155. The molecule has 3 N–H and O–H groups in total. The van der Waals surface area contributed by atoms with Gasteiger partial charge in [0.15, 0.2) is 0 Å². The predicted molar refractivity (Wildman–Crippen MR) is 151 cm³/mol. The van der Waals surface area contributed by atoms with E-state index in [2.05, 4.69) is 20.0 Å². The highest BCUT2D eigenvalue weighted by Crippen LogP contribution is 2.40. The molecule has 3 atom stereocenters. The fourth-order valence-electron chi connectivity index (χ4n) is 4.79. The fourth-order valence-corrected chi connectivity index (χ4v) is 6.41. The van der Waals surface area contributed by atoms with Gasteiger partial charge in [-0.1, -0.05) is 23.2 Å². The Bertz CT molecular complexity index is 1500. The molecule has 42 heavy (non-hydrogen) atoms. The molecule has 0 amide bonds. The number of carbonyl (C=O) groups is 1. The molecule has 0 aliphatic heterocycles. The van der Waals surface area contributed by atoms with Crippen molar-refractivity contribution in [2.75, 3.05) is 24.1 Å². The minimum atomic E-state index is -4.51. The molecule has 0 saturated heterocycles. The molecule has 3 aromatic rings. The molecule has 9 nitrogen and oxygen atoms in total. The molecule has 0 unspecified atom stereocenters. The van der Waals surface area contributed by atoms with Gasteiger partial charge in [0, 0.05) is 23.3 Å². The van der Waals surface area contributed by atoms with Crippen molar-refractivity contribution in [3.63, 3.8) is 0 Å². The summed E-state index contributed by atoms with van der Waals surface area (Å²) in [6.07, 6.45) is -0.434. The number of carboxylic acid groups (broad SMARTS) is 1. The number of nitrogens with one attached hydrogen (secondary N) is 2. The number of alkyl halides is 3. The molecular formula is C26H27Cl2F4N5O4S. The molecule has 1 aliphatic carbocycles. The highest BCUT2D eigenvalue weighted by atomic mass is 35.5. The van der Waals surface area contributed by atoms with Gasteiger partial charge in [-0.15, -0.1) is 0 Å². The van der Waals surface area contributed by atoms with Crippen LogP contribution in [0.3, 0.4) is 0 Å². The lowest BCUT2D eigenvalue weighted by Crippen LogP contribution is -2.47. The van der Waals surface area contributed by atoms with Gasteiger partial charge in [0.1, 0.15) is 22.9 Å². The van der Waals surface area contributed by atoms with Gasteiger partial charge < -0.3 is 15.3 Å². The highest BCUT2D eigenvalue weighted by molar-refractivity contribution is 7.92. The number of rotatable bonds is 7. The third kappa shape index (κ3) is 8.43. The number of anilines is 2. The van der Waals surface area contributed by atoms with Crippen molar-refractivity contribution in [1.29, 1.82) is 0 Å². The van der Waals surface area contributed by atoms with E-state index < -0.39 is 32.5 Å². The Morgan fingerprint density at radius 3 is 2.40 bits per heavy atom. The summed E-state index contributed by atoms with van der Waals surface area (Å²) in [5.74, 6) is -1.23. The maximum atomic E-state index is 15.0. The summed E-state index contributed by atoms with van der Waals surface area (Å²) in [5.41, 5.74) is -0.0827. The minimum Gasteiger partial charge on any atom is -0.483 e. The first-order valence-electron chi connectivity index (χ1n) is 12.3. The van der Waals surface area contributed by atoms with Crippen LogP contribution < -0.4 is 10.0 Å². The van der Waals surface area contributed by atoms with E-state index in [1.807, 2.05) is 19.0 Å². The van der Waals surface area contributed by atoms with Gasteiger partial charge in [-0.2, -0.15) is 13.2 Å². The van der Waals surface area contributed by atoms with E-state index in [0.29, 0.717) is 24.8 Å². The Morgan fingerprint density at radius 2 is 1.81 bits per heavy atom. The summed E-state index contributed by atoms with van der Waals surface area (Å²) >= 11 is 12.4. The van der Waals surface area contributed by atoms with Crippen molar-refractivity contribution >= 4 is 51.2 Å². The SMILES string of the molecule is CN(C)[C@H]1C[C@@H](c2cc(Cl)cc(C(F)(F)F)c2)CC[C@@H]1Nc1cc(F)c(S(=O)(=O)Nc2ccncn2)cc1Cl.O=CO. The second-order valence-electron chi connectivity index (χ2n) is 9.63. The lowest BCUT2D eigenvalue weighted by molar-refractivity contribution is -0.137. The fraction of sp³-hybridized carbons (Fsp3) is 0.346. The lowest BCUT2D eigenvalue weighted by Gasteiger charge is -2.41. The summed E-state index contributed by atoms with van der Waals surface area (Å²) in [4.78, 5) is 17.1. The van der Waals surface area contributed by atoms with Crippen LogP contribution in [0, 0.1) is 5.82 Å². The van der Waals surface area contributed by atoms with Crippen LogP contribution in [0.4, 0.5) is 29.1 Å². The van der Waals surface area contributed by atoms with Gasteiger partial charge in [0.2, 0.25) is 0 Å². The van der Waals surface area contributed by atoms with Crippen LogP contribution >= 0.6 is 23.2 Å². The standard InChI is InChI=1S/C25H25Cl2F4N5O2S.CH2O2/c1-36(2)22-9-14(15-7-16(25(29,30)31)10-17(26)8-15)3-4-20(22)34-21-12-19(28)23(11-18(21)27)39(37,38)35-24-5-6-32-13-33-24;2-1-3/h5-8,10-14,20,22,34H,3-4,9H2,1-2H3,(H,32,33,35);1H,(H,2,3)/t14-,20-,22-;/m0./s1. The Kier molecular flexibility index (Phi) is 11.0. The molecule has 4 rings (SSSR count). The molecule has 0 radical (unpaired) electrons. The van der Waals surface area contributed by atoms with Gasteiger partial charge in [-0.05, 0) is 81.2 Å². The minimum absolute atomic E-state index is 0.0104. The van der Waals surface area contributed by atoms with Crippen molar-refractivity contribution in [3.05, 3.63) is 75.9 Å². The second-order valence-corrected chi connectivity index (χ2v) is 12.1. The topological polar surface area (TPSA) is 125 Å². The van der Waals surface area contributed by atoms with Crippen LogP contribution in [0.25, 0.3) is 0 Å². The van der Waals surface area contributed by atoms with Crippen molar-refractivity contribution in [2.45, 2.75) is 48.3 Å². The molecule has 2 aromatic carbocycles. The average molecular weight is 652 g/mol. The first-order valence-corrected chi connectivity index (χ1v) is 14.6. The molecule has 16 heteroatoms. The van der Waals surface area contributed by atoms with E-state index in [1.54, 1.807) is 6.07 Å². The number of halogens is 6. The van der Waals surface area contributed by atoms with Crippen molar-refractivity contribution < 1.29 is 35.9 Å². The zero-order chi connectivity index (χ0) is 31.2. The first-order chi connectivity index (χ1) is 19.7. The van der Waals surface area contributed by atoms with E-state index >= 15 is 4.39 Å². The molecular weight excluding hydrogens is 625 g/mol. The van der Waals surface area contributed by atoms with E-state index in [4.69, 9.17) is 33.1 Å². The number of benzene rings is 2. The van der Waals surface area contributed by atoms with Crippen molar-refractivity contribution in [2.24, 2.45) is 0 Å². The van der Waals surface area contributed by atoms with Gasteiger partial charge in [-0.3, -0.25) is 9.52 Å². The maximum absolute atomic E-state index is 15.0. The smallest absolute Gasteiger partial charge is 0.416 e. The normalized spacial score (nSPS) is 19.0. The largest absolute Gasteiger partial charge is 0.483 e. The first kappa shape index (κ1) is 33.3. The van der Waals surface area contributed by atoms with E-state index in [1.165, 1.54) is 12.3 Å². The monoisotopic (exact) mass is 651 g/mol. The summed E-state index contributed by atoms with van der Waals surface area (Å²) in [5, 5.41) is 10.1. The van der Waals surface area contributed by atoms with Gasteiger partial charge >= 0.3 is 6.18 Å². The number of likely N-dealkylation sites (N-methyl/N-ethyl adjacent to an activating group) is 1. The van der Waals surface area contributed by atoms with Crippen LogP contribution in [0.2, 0.25) is 10.0 Å². The molecule has 228 valence electrons. The third-order valence-electron chi connectivity index (χ3n) is 6.67. The molecule has 1 heterocycles.